The molecule has 25 heavy (non-hydrogen) atoms. The fourth-order valence-corrected chi connectivity index (χ4v) is 2.36. The summed E-state index contributed by atoms with van der Waals surface area (Å²) in [4.78, 5) is 14.8. The molecule has 0 aliphatic rings. The van der Waals surface area contributed by atoms with Crippen LogP contribution in [0, 0.1) is 5.82 Å². The lowest BCUT2D eigenvalue weighted by molar-refractivity contribution is 0.142. The SMILES string of the molecule is COc1cncc(-c2cc(OC(=O)O)nn2-c2ccc(F)c(Cl)c2)c1. The van der Waals surface area contributed by atoms with Crippen molar-refractivity contribution in [3.05, 3.63) is 53.6 Å². The minimum absolute atomic E-state index is 0.0941. The van der Waals surface area contributed by atoms with Crippen LogP contribution in [-0.2, 0) is 0 Å². The van der Waals surface area contributed by atoms with Crippen molar-refractivity contribution in [1.82, 2.24) is 14.8 Å². The first-order chi connectivity index (χ1) is 12.0. The highest BCUT2D eigenvalue weighted by Gasteiger charge is 2.16. The Balaban J connectivity index is 2.16. The quantitative estimate of drug-likeness (QED) is 0.710. The normalized spacial score (nSPS) is 10.5. The van der Waals surface area contributed by atoms with Crippen LogP contribution in [0.15, 0.2) is 42.7 Å². The molecule has 128 valence electrons. The number of pyridine rings is 1. The Morgan fingerprint density at radius 3 is 2.76 bits per heavy atom. The van der Waals surface area contributed by atoms with Crippen molar-refractivity contribution in [3.63, 3.8) is 0 Å². The molecule has 0 bridgehead atoms. The second-order valence-corrected chi connectivity index (χ2v) is 5.27. The highest BCUT2D eigenvalue weighted by atomic mass is 35.5. The summed E-state index contributed by atoms with van der Waals surface area (Å²) >= 11 is 5.83. The number of methoxy groups -OCH3 is 1. The highest BCUT2D eigenvalue weighted by molar-refractivity contribution is 6.30. The Morgan fingerprint density at radius 2 is 2.08 bits per heavy atom. The third kappa shape index (κ3) is 3.53. The first-order valence-corrected chi connectivity index (χ1v) is 7.31. The first-order valence-electron chi connectivity index (χ1n) is 6.93. The van der Waals surface area contributed by atoms with Gasteiger partial charge in [0.05, 0.1) is 29.7 Å². The van der Waals surface area contributed by atoms with Crippen molar-refractivity contribution in [2.75, 3.05) is 7.11 Å². The van der Waals surface area contributed by atoms with Crippen LogP contribution < -0.4 is 9.47 Å². The zero-order valence-electron chi connectivity index (χ0n) is 12.8. The topological polar surface area (TPSA) is 86.5 Å². The number of benzene rings is 1. The zero-order valence-corrected chi connectivity index (χ0v) is 13.6. The average Bonchev–Trinajstić information content (AvgIpc) is 3.00. The monoisotopic (exact) mass is 363 g/mol. The van der Waals surface area contributed by atoms with E-state index in [2.05, 4.69) is 14.8 Å². The van der Waals surface area contributed by atoms with Crippen LogP contribution >= 0.6 is 11.6 Å². The molecule has 1 aromatic carbocycles. The molecule has 0 amide bonds. The van der Waals surface area contributed by atoms with Gasteiger partial charge in [-0.3, -0.25) is 4.98 Å². The number of ether oxygens (including phenoxy) is 2. The van der Waals surface area contributed by atoms with E-state index in [4.69, 9.17) is 21.4 Å². The lowest BCUT2D eigenvalue weighted by atomic mass is 10.2. The molecule has 2 aromatic heterocycles. The summed E-state index contributed by atoms with van der Waals surface area (Å²) < 4.78 is 24.6. The molecule has 7 nitrogen and oxygen atoms in total. The molecule has 9 heteroatoms. The van der Waals surface area contributed by atoms with Crippen molar-refractivity contribution in [2.45, 2.75) is 0 Å². The molecule has 0 fully saturated rings. The molecule has 3 aromatic rings. The minimum Gasteiger partial charge on any atom is -0.495 e. The number of aromatic nitrogens is 3. The van der Waals surface area contributed by atoms with Crippen LogP contribution in [0.5, 0.6) is 11.6 Å². The van der Waals surface area contributed by atoms with Crippen molar-refractivity contribution in [1.29, 1.82) is 0 Å². The molecule has 0 spiro atoms. The van der Waals surface area contributed by atoms with Gasteiger partial charge in [-0.2, -0.15) is 0 Å². The zero-order chi connectivity index (χ0) is 18.0. The molecular weight excluding hydrogens is 353 g/mol. The molecule has 1 N–H and O–H groups in total. The second kappa shape index (κ2) is 6.78. The van der Waals surface area contributed by atoms with Crippen LogP contribution in [-0.4, -0.2) is 33.1 Å². The summed E-state index contributed by atoms with van der Waals surface area (Å²) in [5, 5.41) is 12.8. The number of carboxylic acid groups (broad SMARTS) is 1. The standard InChI is InChI=1S/C16H11ClFN3O4/c1-24-11-4-9(7-19-8-11)14-6-15(25-16(22)23)20-21(14)10-2-3-13(18)12(17)5-10/h2-8H,1H3,(H,22,23). The fraction of sp³-hybridized carbons (Fsp3) is 0.0625. The van der Waals surface area contributed by atoms with Gasteiger partial charge < -0.3 is 14.6 Å². The Kier molecular flexibility index (Phi) is 4.53. The van der Waals surface area contributed by atoms with E-state index >= 15 is 0 Å². The molecule has 3 rings (SSSR count). The van der Waals surface area contributed by atoms with E-state index in [9.17, 15) is 9.18 Å². The maximum Gasteiger partial charge on any atom is 0.512 e. The van der Waals surface area contributed by atoms with Gasteiger partial charge in [-0.05, 0) is 24.3 Å². The molecule has 0 saturated heterocycles. The number of carbonyl (C=O) groups is 1. The van der Waals surface area contributed by atoms with Crippen LogP contribution in [0.1, 0.15) is 0 Å². The van der Waals surface area contributed by atoms with E-state index in [1.54, 1.807) is 12.3 Å². The van der Waals surface area contributed by atoms with E-state index in [1.807, 2.05) is 0 Å². The van der Waals surface area contributed by atoms with Crippen LogP contribution in [0.4, 0.5) is 9.18 Å². The Labute approximate surface area is 146 Å². The number of hydrogen-bond donors (Lipinski definition) is 1. The van der Waals surface area contributed by atoms with Gasteiger partial charge in [0.25, 0.3) is 0 Å². The van der Waals surface area contributed by atoms with Gasteiger partial charge in [0.15, 0.2) is 0 Å². The van der Waals surface area contributed by atoms with Gasteiger partial charge in [-0.1, -0.05) is 11.6 Å². The molecule has 2 heterocycles. The van der Waals surface area contributed by atoms with E-state index in [1.165, 1.54) is 42.3 Å². The predicted octanol–water partition coefficient (Wildman–Crippen LogP) is 3.79. The number of nitrogens with zero attached hydrogens (tertiary/aromatic N) is 3. The molecule has 0 aliphatic carbocycles. The van der Waals surface area contributed by atoms with Gasteiger partial charge in [-0.25, -0.2) is 13.9 Å². The summed E-state index contributed by atoms with van der Waals surface area (Å²) in [6, 6.07) is 7.12. The number of hydrogen-bond acceptors (Lipinski definition) is 5. The summed E-state index contributed by atoms with van der Waals surface area (Å²) in [5.41, 5.74) is 1.47. The third-order valence-electron chi connectivity index (χ3n) is 3.27. The Morgan fingerprint density at radius 1 is 1.28 bits per heavy atom. The fourth-order valence-electron chi connectivity index (χ4n) is 2.19. The van der Waals surface area contributed by atoms with Gasteiger partial charge in [0.1, 0.15) is 11.6 Å². The lowest BCUT2D eigenvalue weighted by Gasteiger charge is -2.08. The van der Waals surface area contributed by atoms with Gasteiger partial charge in [-0.15, -0.1) is 5.10 Å². The van der Waals surface area contributed by atoms with E-state index in [-0.39, 0.29) is 10.9 Å². The van der Waals surface area contributed by atoms with E-state index in [0.29, 0.717) is 22.7 Å². The molecule has 0 atom stereocenters. The van der Waals surface area contributed by atoms with Crippen molar-refractivity contribution in [3.8, 4) is 28.6 Å². The maximum absolute atomic E-state index is 13.4. The maximum atomic E-state index is 13.4. The van der Waals surface area contributed by atoms with E-state index in [0.717, 1.165) is 0 Å². The Bertz CT molecular complexity index is 945. The number of rotatable bonds is 4. The minimum atomic E-state index is -1.50. The van der Waals surface area contributed by atoms with Crippen LogP contribution in [0.3, 0.4) is 0 Å². The van der Waals surface area contributed by atoms with Gasteiger partial charge in [0.2, 0.25) is 5.88 Å². The largest absolute Gasteiger partial charge is 0.512 e. The molecule has 0 radical (unpaired) electrons. The van der Waals surface area contributed by atoms with Crippen molar-refractivity contribution in [2.24, 2.45) is 0 Å². The molecule has 0 saturated carbocycles. The summed E-state index contributed by atoms with van der Waals surface area (Å²) in [6.45, 7) is 0. The second-order valence-electron chi connectivity index (χ2n) is 4.86. The summed E-state index contributed by atoms with van der Waals surface area (Å²) in [7, 11) is 1.50. The Hall–Kier alpha value is -3.13. The molecular formula is C16H11ClFN3O4. The van der Waals surface area contributed by atoms with Crippen molar-refractivity contribution >= 4 is 17.8 Å². The molecule has 0 unspecified atom stereocenters. The lowest BCUT2D eigenvalue weighted by Crippen LogP contribution is -2.04. The van der Waals surface area contributed by atoms with Crippen LogP contribution in [0.2, 0.25) is 5.02 Å². The predicted molar refractivity (Wildman–Crippen MR) is 87.0 cm³/mol. The van der Waals surface area contributed by atoms with Gasteiger partial charge in [0, 0.05) is 17.8 Å². The summed E-state index contributed by atoms with van der Waals surface area (Å²) in [6.07, 6.45) is 1.57. The van der Waals surface area contributed by atoms with Crippen LogP contribution in [0.25, 0.3) is 16.9 Å². The molecule has 0 aliphatic heterocycles. The average molecular weight is 364 g/mol. The van der Waals surface area contributed by atoms with Crippen molar-refractivity contribution < 1.29 is 23.8 Å². The summed E-state index contributed by atoms with van der Waals surface area (Å²) in [5.74, 6) is -0.224. The number of halogens is 2. The third-order valence-corrected chi connectivity index (χ3v) is 3.56. The van der Waals surface area contributed by atoms with E-state index < -0.39 is 12.0 Å². The van der Waals surface area contributed by atoms with Gasteiger partial charge >= 0.3 is 6.16 Å². The first kappa shape index (κ1) is 16.7. The smallest absolute Gasteiger partial charge is 0.495 e. The highest BCUT2D eigenvalue weighted by Crippen LogP contribution is 2.30.